The highest BCUT2D eigenvalue weighted by Crippen LogP contribution is 2.37. The monoisotopic (exact) mass is 310 g/mol. The SMILES string of the molecule is C=CCC(Sc1nc2ccc(OC)cc2[nH]1)c1ccccc1. The van der Waals surface area contributed by atoms with E-state index in [4.69, 9.17) is 4.74 Å². The minimum absolute atomic E-state index is 0.307. The first kappa shape index (κ1) is 14.7. The third kappa shape index (κ3) is 3.17. The summed E-state index contributed by atoms with van der Waals surface area (Å²) >= 11 is 1.73. The maximum absolute atomic E-state index is 5.25. The summed E-state index contributed by atoms with van der Waals surface area (Å²) in [4.78, 5) is 8.02. The molecule has 2 aromatic carbocycles. The van der Waals surface area contributed by atoms with Crippen LogP contribution in [0.2, 0.25) is 0 Å². The molecule has 0 aliphatic carbocycles. The molecule has 3 rings (SSSR count). The van der Waals surface area contributed by atoms with Gasteiger partial charge in [0.05, 0.1) is 18.1 Å². The van der Waals surface area contributed by atoms with Crippen molar-refractivity contribution >= 4 is 22.8 Å². The molecule has 1 unspecified atom stereocenters. The Morgan fingerprint density at radius 3 is 2.82 bits per heavy atom. The van der Waals surface area contributed by atoms with Gasteiger partial charge in [0.2, 0.25) is 0 Å². The number of hydrogen-bond donors (Lipinski definition) is 1. The third-order valence-electron chi connectivity index (χ3n) is 3.47. The minimum atomic E-state index is 0.307. The van der Waals surface area contributed by atoms with Crippen molar-refractivity contribution in [2.45, 2.75) is 16.8 Å². The molecular weight excluding hydrogens is 292 g/mol. The zero-order chi connectivity index (χ0) is 15.4. The number of thioether (sulfide) groups is 1. The van der Waals surface area contributed by atoms with Gasteiger partial charge in [-0.15, -0.1) is 6.58 Å². The van der Waals surface area contributed by atoms with Crippen molar-refractivity contribution in [2.24, 2.45) is 0 Å². The maximum atomic E-state index is 5.25. The van der Waals surface area contributed by atoms with Gasteiger partial charge in [0, 0.05) is 11.3 Å². The van der Waals surface area contributed by atoms with Gasteiger partial charge in [0.15, 0.2) is 5.16 Å². The zero-order valence-electron chi connectivity index (χ0n) is 12.5. The van der Waals surface area contributed by atoms with E-state index >= 15 is 0 Å². The summed E-state index contributed by atoms with van der Waals surface area (Å²) in [6.07, 6.45) is 2.85. The summed E-state index contributed by atoms with van der Waals surface area (Å²) in [5, 5.41) is 1.22. The molecule has 0 radical (unpaired) electrons. The number of benzene rings is 2. The first-order chi connectivity index (χ1) is 10.8. The number of fused-ring (bicyclic) bond motifs is 1. The lowest BCUT2D eigenvalue weighted by Gasteiger charge is -2.13. The van der Waals surface area contributed by atoms with Crippen LogP contribution in [0.5, 0.6) is 5.75 Å². The second-order valence-electron chi connectivity index (χ2n) is 4.97. The van der Waals surface area contributed by atoms with Crippen LogP contribution in [0.3, 0.4) is 0 Å². The highest BCUT2D eigenvalue weighted by atomic mass is 32.2. The second-order valence-corrected chi connectivity index (χ2v) is 6.16. The van der Waals surface area contributed by atoms with Crippen molar-refractivity contribution in [2.75, 3.05) is 7.11 Å². The Morgan fingerprint density at radius 1 is 1.27 bits per heavy atom. The maximum Gasteiger partial charge on any atom is 0.166 e. The smallest absolute Gasteiger partial charge is 0.166 e. The first-order valence-electron chi connectivity index (χ1n) is 7.16. The number of rotatable bonds is 6. The van der Waals surface area contributed by atoms with Gasteiger partial charge in [-0.1, -0.05) is 48.2 Å². The molecule has 1 aromatic heterocycles. The van der Waals surface area contributed by atoms with Crippen molar-refractivity contribution in [3.05, 3.63) is 66.7 Å². The van der Waals surface area contributed by atoms with E-state index in [0.717, 1.165) is 28.4 Å². The summed E-state index contributed by atoms with van der Waals surface area (Å²) in [7, 11) is 1.67. The van der Waals surface area contributed by atoms with Crippen molar-refractivity contribution < 1.29 is 4.74 Å². The molecule has 22 heavy (non-hydrogen) atoms. The molecule has 0 saturated heterocycles. The number of allylic oxidation sites excluding steroid dienone is 1. The van der Waals surface area contributed by atoms with Crippen molar-refractivity contribution in [1.29, 1.82) is 0 Å². The molecule has 0 amide bonds. The molecule has 0 aliphatic heterocycles. The van der Waals surface area contributed by atoms with E-state index in [1.165, 1.54) is 5.56 Å². The second kappa shape index (κ2) is 6.71. The predicted molar refractivity (Wildman–Crippen MR) is 92.5 cm³/mol. The first-order valence-corrected chi connectivity index (χ1v) is 8.04. The normalized spacial score (nSPS) is 12.2. The number of H-pyrrole nitrogens is 1. The van der Waals surface area contributed by atoms with Gasteiger partial charge in [0.25, 0.3) is 0 Å². The number of imidazole rings is 1. The van der Waals surface area contributed by atoms with E-state index in [9.17, 15) is 0 Å². The molecule has 0 spiro atoms. The topological polar surface area (TPSA) is 37.9 Å². The number of methoxy groups -OCH3 is 1. The lowest BCUT2D eigenvalue weighted by atomic mass is 10.1. The molecule has 1 atom stereocenters. The molecule has 4 heteroatoms. The summed E-state index contributed by atoms with van der Waals surface area (Å²) in [6, 6.07) is 16.3. The summed E-state index contributed by atoms with van der Waals surface area (Å²) in [5.41, 5.74) is 3.23. The number of aromatic amines is 1. The molecule has 3 nitrogen and oxygen atoms in total. The molecule has 3 aromatic rings. The van der Waals surface area contributed by atoms with Gasteiger partial charge in [-0.05, 0) is 24.1 Å². The summed E-state index contributed by atoms with van der Waals surface area (Å²) in [5.74, 6) is 0.832. The fourth-order valence-electron chi connectivity index (χ4n) is 2.35. The molecule has 0 saturated carbocycles. The van der Waals surface area contributed by atoms with Crippen LogP contribution < -0.4 is 4.74 Å². The van der Waals surface area contributed by atoms with Crippen molar-refractivity contribution in [3.63, 3.8) is 0 Å². The Hall–Kier alpha value is -2.20. The van der Waals surface area contributed by atoms with Crippen LogP contribution >= 0.6 is 11.8 Å². The fraction of sp³-hybridized carbons (Fsp3) is 0.167. The van der Waals surface area contributed by atoms with Crippen LogP contribution in [-0.2, 0) is 0 Å². The molecule has 0 aliphatic rings. The standard InChI is InChI=1S/C18H18N2OS/c1-3-7-17(13-8-5-4-6-9-13)22-18-19-15-11-10-14(21-2)12-16(15)20-18/h3-6,8-12,17H,1,7H2,2H3,(H,19,20). The molecule has 1 heterocycles. The van der Waals surface area contributed by atoms with Gasteiger partial charge in [0.1, 0.15) is 5.75 Å². The van der Waals surface area contributed by atoms with Gasteiger partial charge in [-0.2, -0.15) is 0 Å². The Kier molecular flexibility index (Phi) is 4.49. The average molecular weight is 310 g/mol. The van der Waals surface area contributed by atoms with Crippen LogP contribution in [0.25, 0.3) is 11.0 Å². The summed E-state index contributed by atoms with van der Waals surface area (Å²) in [6.45, 7) is 3.87. The van der Waals surface area contributed by atoms with E-state index in [-0.39, 0.29) is 0 Å². The van der Waals surface area contributed by atoms with E-state index < -0.39 is 0 Å². The zero-order valence-corrected chi connectivity index (χ0v) is 13.3. The molecule has 0 bridgehead atoms. The highest BCUT2D eigenvalue weighted by molar-refractivity contribution is 7.99. The molecule has 112 valence electrons. The van der Waals surface area contributed by atoms with Crippen LogP contribution in [-0.4, -0.2) is 17.1 Å². The van der Waals surface area contributed by atoms with E-state index in [2.05, 4.69) is 40.8 Å². The molecule has 1 N–H and O–H groups in total. The lowest BCUT2D eigenvalue weighted by Crippen LogP contribution is -1.93. The van der Waals surface area contributed by atoms with Gasteiger partial charge in [-0.25, -0.2) is 4.98 Å². The molecule has 0 fully saturated rings. The largest absolute Gasteiger partial charge is 0.497 e. The number of aromatic nitrogens is 2. The van der Waals surface area contributed by atoms with Gasteiger partial charge >= 0.3 is 0 Å². The molecular formula is C18H18N2OS. The lowest BCUT2D eigenvalue weighted by molar-refractivity contribution is 0.415. The predicted octanol–water partition coefficient (Wildman–Crippen LogP) is 4.98. The Balaban J connectivity index is 1.88. The number of ether oxygens (including phenoxy) is 1. The Morgan fingerprint density at radius 2 is 2.09 bits per heavy atom. The van der Waals surface area contributed by atoms with Crippen LogP contribution in [0.4, 0.5) is 0 Å². The highest BCUT2D eigenvalue weighted by Gasteiger charge is 2.14. The van der Waals surface area contributed by atoms with E-state index in [1.54, 1.807) is 18.9 Å². The number of hydrogen-bond acceptors (Lipinski definition) is 3. The quantitative estimate of drug-likeness (QED) is 0.515. The van der Waals surface area contributed by atoms with E-state index in [1.807, 2.05) is 30.3 Å². The minimum Gasteiger partial charge on any atom is -0.497 e. The fourth-order valence-corrected chi connectivity index (χ4v) is 3.47. The van der Waals surface area contributed by atoms with Crippen LogP contribution in [0.1, 0.15) is 17.2 Å². The van der Waals surface area contributed by atoms with Crippen LogP contribution in [0, 0.1) is 0 Å². The Bertz CT molecular complexity index is 767. The number of nitrogens with one attached hydrogen (secondary N) is 1. The van der Waals surface area contributed by atoms with Gasteiger partial charge in [-0.3, -0.25) is 0 Å². The van der Waals surface area contributed by atoms with E-state index in [0.29, 0.717) is 5.25 Å². The van der Waals surface area contributed by atoms with Gasteiger partial charge < -0.3 is 9.72 Å². The number of nitrogens with zero attached hydrogens (tertiary/aromatic N) is 1. The third-order valence-corrected chi connectivity index (χ3v) is 4.64. The van der Waals surface area contributed by atoms with Crippen molar-refractivity contribution in [1.82, 2.24) is 9.97 Å². The van der Waals surface area contributed by atoms with Crippen molar-refractivity contribution in [3.8, 4) is 5.75 Å². The average Bonchev–Trinajstić information content (AvgIpc) is 2.96. The summed E-state index contributed by atoms with van der Waals surface area (Å²) < 4.78 is 5.25. The van der Waals surface area contributed by atoms with Crippen LogP contribution in [0.15, 0.2) is 66.3 Å². The Labute approximate surface area is 134 Å².